The van der Waals surface area contributed by atoms with Crippen molar-refractivity contribution in [2.45, 2.75) is 6.42 Å². The lowest BCUT2D eigenvalue weighted by Gasteiger charge is -2.06. The van der Waals surface area contributed by atoms with Crippen molar-refractivity contribution in [3.05, 3.63) is 11.6 Å². The highest BCUT2D eigenvalue weighted by molar-refractivity contribution is 5.95. The summed E-state index contributed by atoms with van der Waals surface area (Å²) in [6.07, 6.45) is 2.95. The van der Waals surface area contributed by atoms with Crippen LogP contribution in [0.3, 0.4) is 0 Å². The number of nitrogens with one attached hydrogen (secondary N) is 1. The quantitative estimate of drug-likeness (QED) is 0.596. The van der Waals surface area contributed by atoms with Gasteiger partial charge in [0.15, 0.2) is 0 Å². The minimum absolute atomic E-state index is 0.237. The maximum Gasteiger partial charge on any atom is 0.211 e. The van der Waals surface area contributed by atoms with Crippen LogP contribution in [0.25, 0.3) is 0 Å². The molecule has 0 amide bonds. The largest absolute Gasteiger partial charge is 0.316 e. The first kappa shape index (κ1) is 6.98. The van der Waals surface area contributed by atoms with Gasteiger partial charge < -0.3 is 5.32 Å². The van der Waals surface area contributed by atoms with Crippen LogP contribution in [0.15, 0.2) is 16.6 Å². The van der Waals surface area contributed by atoms with Gasteiger partial charge in [-0.2, -0.15) is 4.39 Å². The molecule has 2 rings (SSSR count). The van der Waals surface area contributed by atoms with Crippen molar-refractivity contribution < 1.29 is 4.39 Å². The van der Waals surface area contributed by atoms with E-state index < -0.39 is 0 Å². The maximum absolute atomic E-state index is 12.9. The molecule has 2 aliphatic heterocycles. The molecular formula is C8H11FN2. The van der Waals surface area contributed by atoms with E-state index in [1.54, 1.807) is 0 Å². The Hall–Kier alpha value is -0.700. The Balaban J connectivity index is 2.09. The normalized spacial score (nSPS) is 30.5. The third-order valence-corrected chi connectivity index (χ3v) is 2.28. The van der Waals surface area contributed by atoms with E-state index in [2.05, 4.69) is 10.3 Å². The molecule has 11 heavy (non-hydrogen) atoms. The van der Waals surface area contributed by atoms with Crippen LogP contribution in [0, 0.1) is 5.92 Å². The maximum atomic E-state index is 12.9. The van der Waals surface area contributed by atoms with Crippen LogP contribution >= 0.6 is 0 Å². The summed E-state index contributed by atoms with van der Waals surface area (Å²) in [5, 5.41) is 3.21. The molecule has 0 aromatic heterocycles. The Kier molecular flexibility index (Phi) is 1.74. The van der Waals surface area contributed by atoms with Crippen LogP contribution in [0.1, 0.15) is 6.42 Å². The highest BCUT2D eigenvalue weighted by atomic mass is 19.1. The topological polar surface area (TPSA) is 24.4 Å². The van der Waals surface area contributed by atoms with E-state index in [9.17, 15) is 4.39 Å². The summed E-state index contributed by atoms with van der Waals surface area (Å²) in [5.41, 5.74) is 0.829. The Morgan fingerprint density at radius 1 is 1.64 bits per heavy atom. The fourth-order valence-electron chi connectivity index (χ4n) is 1.65. The fourth-order valence-corrected chi connectivity index (χ4v) is 1.65. The predicted molar refractivity (Wildman–Crippen MR) is 42.5 cm³/mol. The molecule has 1 fully saturated rings. The van der Waals surface area contributed by atoms with Crippen molar-refractivity contribution in [1.82, 2.24) is 5.32 Å². The van der Waals surface area contributed by atoms with E-state index in [-0.39, 0.29) is 5.97 Å². The smallest absolute Gasteiger partial charge is 0.211 e. The van der Waals surface area contributed by atoms with Crippen molar-refractivity contribution in [1.29, 1.82) is 0 Å². The van der Waals surface area contributed by atoms with Crippen LogP contribution in [-0.4, -0.2) is 25.6 Å². The fraction of sp³-hybridized carbons (Fsp3) is 0.625. The molecule has 1 unspecified atom stereocenters. The highest BCUT2D eigenvalue weighted by Gasteiger charge is 2.24. The van der Waals surface area contributed by atoms with Gasteiger partial charge in [0.05, 0.1) is 6.54 Å². The predicted octanol–water partition coefficient (Wildman–Crippen LogP) is 0.904. The molecule has 0 aromatic carbocycles. The van der Waals surface area contributed by atoms with E-state index in [1.807, 2.05) is 6.08 Å². The zero-order valence-electron chi connectivity index (χ0n) is 6.31. The number of hydrogen-bond acceptors (Lipinski definition) is 2. The molecule has 0 saturated carbocycles. The molecule has 1 N–H and O–H groups in total. The monoisotopic (exact) mass is 154 g/mol. The molecule has 2 heterocycles. The van der Waals surface area contributed by atoms with Gasteiger partial charge in [-0.1, -0.05) is 6.08 Å². The SMILES string of the molecule is FC1=NCC=C1C1CCNC1. The van der Waals surface area contributed by atoms with Crippen LogP contribution in [-0.2, 0) is 0 Å². The zero-order chi connectivity index (χ0) is 7.68. The summed E-state index contributed by atoms with van der Waals surface area (Å²) in [4.78, 5) is 3.69. The second-order valence-corrected chi connectivity index (χ2v) is 2.98. The van der Waals surface area contributed by atoms with Crippen LogP contribution in [0.2, 0.25) is 0 Å². The van der Waals surface area contributed by atoms with Crippen LogP contribution in [0.5, 0.6) is 0 Å². The molecular weight excluding hydrogens is 143 g/mol. The van der Waals surface area contributed by atoms with Crippen molar-refractivity contribution in [2.75, 3.05) is 19.6 Å². The minimum atomic E-state index is -0.237. The van der Waals surface area contributed by atoms with Crippen LogP contribution < -0.4 is 5.32 Å². The Labute approximate surface area is 65.2 Å². The summed E-state index contributed by atoms with van der Waals surface area (Å²) in [5.74, 6) is 0.139. The van der Waals surface area contributed by atoms with E-state index in [1.165, 1.54) is 0 Å². The lowest BCUT2D eigenvalue weighted by atomic mass is 9.99. The number of nitrogens with zero attached hydrogens (tertiary/aromatic N) is 1. The van der Waals surface area contributed by atoms with Gasteiger partial charge in [0.1, 0.15) is 0 Å². The molecule has 0 bridgehead atoms. The van der Waals surface area contributed by atoms with Gasteiger partial charge in [-0.15, -0.1) is 0 Å². The minimum Gasteiger partial charge on any atom is -0.316 e. The van der Waals surface area contributed by atoms with Gasteiger partial charge in [0.25, 0.3) is 0 Å². The van der Waals surface area contributed by atoms with Crippen molar-refractivity contribution in [3.63, 3.8) is 0 Å². The molecule has 3 heteroatoms. The van der Waals surface area contributed by atoms with E-state index >= 15 is 0 Å². The summed E-state index contributed by atoms with van der Waals surface area (Å²) < 4.78 is 12.9. The Morgan fingerprint density at radius 2 is 2.55 bits per heavy atom. The van der Waals surface area contributed by atoms with E-state index in [4.69, 9.17) is 0 Å². The Bertz CT molecular complexity index is 214. The average Bonchev–Trinajstić information content (AvgIpc) is 2.55. The molecule has 0 aromatic rings. The van der Waals surface area contributed by atoms with Crippen molar-refractivity contribution >= 4 is 5.97 Å². The summed E-state index contributed by atoms with van der Waals surface area (Å²) >= 11 is 0. The van der Waals surface area contributed by atoms with Gasteiger partial charge in [0.2, 0.25) is 5.97 Å². The number of rotatable bonds is 1. The molecule has 1 saturated heterocycles. The molecule has 2 aliphatic rings. The lowest BCUT2D eigenvalue weighted by Crippen LogP contribution is -2.12. The van der Waals surface area contributed by atoms with Crippen molar-refractivity contribution in [3.8, 4) is 0 Å². The summed E-state index contributed by atoms with van der Waals surface area (Å²) in [6.45, 7) is 2.46. The number of hydrogen-bond donors (Lipinski definition) is 1. The second kappa shape index (κ2) is 2.74. The summed E-state index contributed by atoms with van der Waals surface area (Å²) in [7, 11) is 0. The highest BCUT2D eigenvalue weighted by Crippen LogP contribution is 2.23. The third kappa shape index (κ3) is 1.20. The van der Waals surface area contributed by atoms with E-state index in [0.717, 1.165) is 25.1 Å². The molecule has 0 aliphatic carbocycles. The third-order valence-electron chi connectivity index (χ3n) is 2.28. The molecule has 2 nitrogen and oxygen atoms in total. The average molecular weight is 154 g/mol. The Morgan fingerprint density at radius 3 is 3.09 bits per heavy atom. The first-order valence-electron chi connectivity index (χ1n) is 3.99. The van der Waals surface area contributed by atoms with Crippen LogP contribution in [0.4, 0.5) is 4.39 Å². The summed E-state index contributed by atoms with van der Waals surface area (Å²) in [6, 6.07) is 0. The zero-order valence-corrected chi connectivity index (χ0v) is 6.31. The molecule has 0 spiro atoms. The molecule has 0 radical (unpaired) electrons. The standard InChI is InChI=1S/C8H11FN2/c9-8-7(2-4-11-8)6-1-3-10-5-6/h2,6,10H,1,3-5H2. The first-order valence-corrected chi connectivity index (χ1v) is 3.99. The molecule has 60 valence electrons. The van der Waals surface area contributed by atoms with Gasteiger partial charge >= 0.3 is 0 Å². The second-order valence-electron chi connectivity index (χ2n) is 2.98. The van der Waals surface area contributed by atoms with Gasteiger partial charge in [0, 0.05) is 18.0 Å². The number of aliphatic imine (C=N–C) groups is 1. The molecule has 1 atom stereocenters. The number of halogens is 1. The van der Waals surface area contributed by atoms with Gasteiger partial charge in [-0.05, 0) is 13.0 Å². The van der Waals surface area contributed by atoms with Gasteiger partial charge in [-0.25, -0.2) is 0 Å². The first-order chi connectivity index (χ1) is 5.38. The van der Waals surface area contributed by atoms with Gasteiger partial charge in [-0.3, -0.25) is 4.99 Å². The lowest BCUT2D eigenvalue weighted by molar-refractivity contribution is 0.681. The van der Waals surface area contributed by atoms with E-state index in [0.29, 0.717) is 12.5 Å². The van der Waals surface area contributed by atoms with Crippen molar-refractivity contribution in [2.24, 2.45) is 10.9 Å².